The first kappa shape index (κ1) is 20.0. The minimum atomic E-state index is -0.743. The van der Waals surface area contributed by atoms with Crippen LogP contribution in [-0.4, -0.2) is 94.2 Å². The molecular formula is C19H32O8. The van der Waals surface area contributed by atoms with Crippen LogP contribution < -0.4 is 0 Å². The zero-order chi connectivity index (χ0) is 19.2. The quantitative estimate of drug-likeness (QED) is 0.511. The highest BCUT2D eigenvalue weighted by Crippen LogP contribution is 2.44. The zero-order valence-corrected chi connectivity index (χ0v) is 15.8. The molecule has 4 rings (SSSR count). The molecule has 4 N–H and O–H groups in total. The van der Waals surface area contributed by atoms with Crippen LogP contribution in [0.1, 0.15) is 45.4 Å². The summed E-state index contributed by atoms with van der Waals surface area (Å²) in [5.41, 5.74) is -0.506. The molecule has 8 nitrogen and oxygen atoms in total. The molecule has 8 heteroatoms. The Morgan fingerprint density at radius 1 is 0.852 bits per heavy atom. The summed E-state index contributed by atoms with van der Waals surface area (Å²) < 4.78 is 24.7. The first-order valence-electron chi connectivity index (χ1n) is 10.2. The summed E-state index contributed by atoms with van der Waals surface area (Å²) >= 11 is 0. The average molecular weight is 388 g/mol. The van der Waals surface area contributed by atoms with Gasteiger partial charge in [0.25, 0.3) is 0 Å². The number of hydrogen-bond donors (Lipinski definition) is 4. The fourth-order valence-electron chi connectivity index (χ4n) is 5.11. The molecule has 0 aromatic rings. The predicted molar refractivity (Wildman–Crippen MR) is 93.1 cm³/mol. The van der Waals surface area contributed by atoms with Gasteiger partial charge >= 0.3 is 0 Å². The van der Waals surface area contributed by atoms with Gasteiger partial charge < -0.3 is 39.4 Å². The van der Waals surface area contributed by atoms with Crippen LogP contribution in [0.25, 0.3) is 0 Å². The highest BCUT2D eigenvalue weighted by atomic mass is 16.6. The molecule has 4 heterocycles. The second-order valence-corrected chi connectivity index (χ2v) is 8.63. The Morgan fingerprint density at radius 3 is 2.26 bits per heavy atom. The van der Waals surface area contributed by atoms with Crippen LogP contribution in [-0.2, 0) is 18.9 Å². The Balaban J connectivity index is 1.48. The van der Waals surface area contributed by atoms with E-state index in [4.69, 9.17) is 18.9 Å². The molecule has 27 heavy (non-hydrogen) atoms. The van der Waals surface area contributed by atoms with Crippen molar-refractivity contribution in [1.29, 1.82) is 0 Å². The maximum atomic E-state index is 10.3. The van der Waals surface area contributed by atoms with E-state index in [2.05, 4.69) is 0 Å². The van der Waals surface area contributed by atoms with Gasteiger partial charge in [-0.3, -0.25) is 0 Å². The van der Waals surface area contributed by atoms with E-state index in [9.17, 15) is 20.4 Å². The summed E-state index contributed by atoms with van der Waals surface area (Å²) in [7, 11) is 0. The molecule has 0 aromatic carbocycles. The molecule has 0 aliphatic carbocycles. The SMILES string of the molecule is C[C@@]12CC[C@@H]3O[C@H](CO)[C@@H](O)C[C@H]3O[C@H]1C[C@H]1O[C@@H](CCO)[C@H](O)C[C@@H]1O2. The van der Waals surface area contributed by atoms with Crippen molar-refractivity contribution in [2.45, 2.75) is 106 Å². The van der Waals surface area contributed by atoms with Crippen molar-refractivity contribution in [3.63, 3.8) is 0 Å². The number of rotatable bonds is 3. The predicted octanol–water partition coefficient (Wildman–Crippen LogP) is -0.507. The van der Waals surface area contributed by atoms with Crippen molar-refractivity contribution in [3.8, 4) is 0 Å². The summed E-state index contributed by atoms with van der Waals surface area (Å²) in [4.78, 5) is 0. The number of hydrogen-bond acceptors (Lipinski definition) is 8. The van der Waals surface area contributed by atoms with Crippen molar-refractivity contribution in [2.75, 3.05) is 13.2 Å². The Morgan fingerprint density at radius 2 is 1.52 bits per heavy atom. The molecule has 4 aliphatic rings. The lowest BCUT2D eigenvalue weighted by atomic mass is 9.82. The normalized spacial score (nSPS) is 53.0. The maximum Gasteiger partial charge on any atom is 0.107 e. The summed E-state index contributed by atoms with van der Waals surface area (Å²) in [5.74, 6) is 0. The van der Waals surface area contributed by atoms with Crippen LogP contribution >= 0.6 is 0 Å². The van der Waals surface area contributed by atoms with Crippen molar-refractivity contribution in [2.24, 2.45) is 0 Å². The zero-order valence-electron chi connectivity index (χ0n) is 15.8. The molecule has 4 aliphatic heterocycles. The maximum absolute atomic E-state index is 10.3. The van der Waals surface area contributed by atoms with Crippen LogP contribution in [0.4, 0.5) is 0 Å². The van der Waals surface area contributed by atoms with Gasteiger partial charge in [-0.25, -0.2) is 0 Å². The lowest BCUT2D eigenvalue weighted by Crippen LogP contribution is -2.61. The van der Waals surface area contributed by atoms with E-state index in [0.717, 1.165) is 12.8 Å². The lowest BCUT2D eigenvalue weighted by molar-refractivity contribution is -0.289. The molecule has 156 valence electrons. The van der Waals surface area contributed by atoms with Crippen molar-refractivity contribution in [3.05, 3.63) is 0 Å². The largest absolute Gasteiger partial charge is 0.396 e. The number of aliphatic hydroxyl groups excluding tert-OH is 4. The average Bonchev–Trinajstić information content (AvgIpc) is 2.76. The Hall–Kier alpha value is -0.320. The van der Waals surface area contributed by atoms with E-state index in [1.807, 2.05) is 6.92 Å². The van der Waals surface area contributed by atoms with Gasteiger partial charge in [0.2, 0.25) is 0 Å². The topological polar surface area (TPSA) is 118 Å². The summed E-state index contributed by atoms with van der Waals surface area (Å²) in [6.07, 6.45) is 0.137. The van der Waals surface area contributed by atoms with Gasteiger partial charge in [-0.15, -0.1) is 0 Å². The Labute approximate surface area is 159 Å². The molecule has 0 radical (unpaired) electrons. The van der Waals surface area contributed by atoms with E-state index in [1.54, 1.807) is 0 Å². The Kier molecular flexibility index (Phi) is 5.80. The monoisotopic (exact) mass is 388 g/mol. The smallest absolute Gasteiger partial charge is 0.107 e. The minimum absolute atomic E-state index is 0.0252. The van der Waals surface area contributed by atoms with Crippen molar-refractivity contribution < 1.29 is 39.4 Å². The van der Waals surface area contributed by atoms with Gasteiger partial charge in [-0.05, 0) is 26.2 Å². The van der Waals surface area contributed by atoms with Crippen LogP contribution in [0.2, 0.25) is 0 Å². The summed E-state index contributed by atoms with van der Waals surface area (Å²) in [6.45, 7) is 1.81. The molecule has 0 spiro atoms. The van der Waals surface area contributed by atoms with Gasteiger partial charge in [-0.1, -0.05) is 0 Å². The summed E-state index contributed by atoms with van der Waals surface area (Å²) in [5, 5.41) is 39.1. The standard InChI is InChI=1S/C19H32O8/c1-19-4-2-13-14(6-11(23)17(9-21)25-13)26-18(19)8-15-16(27-19)7-10(22)12(24-15)3-5-20/h10-18,20-23H,2-9H2,1H3/t10-,11+,12+,13+,14-,15-,16+,17-,18+,19-/m1/s1. The minimum Gasteiger partial charge on any atom is -0.396 e. The molecular weight excluding hydrogens is 356 g/mol. The molecule has 4 fully saturated rings. The third-order valence-corrected chi connectivity index (χ3v) is 6.74. The molecule has 0 amide bonds. The van der Waals surface area contributed by atoms with E-state index >= 15 is 0 Å². The van der Waals surface area contributed by atoms with Gasteiger partial charge in [0.1, 0.15) is 6.10 Å². The molecule has 0 unspecified atom stereocenters. The third-order valence-electron chi connectivity index (χ3n) is 6.74. The highest BCUT2D eigenvalue weighted by Gasteiger charge is 2.54. The molecule has 4 saturated heterocycles. The second kappa shape index (κ2) is 7.84. The second-order valence-electron chi connectivity index (χ2n) is 8.63. The third kappa shape index (κ3) is 3.79. The fraction of sp³-hybridized carbons (Fsp3) is 1.00. The molecule has 0 aromatic heterocycles. The fourth-order valence-corrected chi connectivity index (χ4v) is 5.11. The molecule has 0 bridgehead atoms. The first-order valence-corrected chi connectivity index (χ1v) is 10.2. The number of ether oxygens (including phenoxy) is 4. The first-order chi connectivity index (χ1) is 12.9. The van der Waals surface area contributed by atoms with E-state index in [-0.39, 0.29) is 49.8 Å². The van der Waals surface area contributed by atoms with Gasteiger partial charge in [0.05, 0.1) is 61.0 Å². The molecule has 10 atom stereocenters. The molecule has 0 saturated carbocycles. The number of fused-ring (bicyclic) bond motifs is 3. The van der Waals surface area contributed by atoms with Gasteiger partial charge in [0, 0.05) is 25.9 Å². The van der Waals surface area contributed by atoms with Crippen LogP contribution in [0.3, 0.4) is 0 Å². The van der Waals surface area contributed by atoms with E-state index < -0.39 is 23.9 Å². The lowest BCUT2D eigenvalue weighted by Gasteiger charge is -2.51. The van der Waals surface area contributed by atoms with Crippen molar-refractivity contribution in [1.82, 2.24) is 0 Å². The summed E-state index contributed by atoms with van der Waals surface area (Å²) in [6, 6.07) is 0. The van der Waals surface area contributed by atoms with E-state index in [0.29, 0.717) is 25.7 Å². The van der Waals surface area contributed by atoms with Gasteiger partial charge in [-0.2, -0.15) is 0 Å². The number of aliphatic hydroxyl groups is 4. The van der Waals surface area contributed by atoms with Crippen LogP contribution in [0, 0.1) is 0 Å². The highest BCUT2D eigenvalue weighted by molar-refractivity contribution is 5.02. The van der Waals surface area contributed by atoms with Crippen LogP contribution in [0.15, 0.2) is 0 Å². The van der Waals surface area contributed by atoms with Gasteiger partial charge in [0.15, 0.2) is 0 Å². The van der Waals surface area contributed by atoms with E-state index in [1.165, 1.54) is 0 Å². The van der Waals surface area contributed by atoms with Crippen molar-refractivity contribution >= 4 is 0 Å². The van der Waals surface area contributed by atoms with Crippen LogP contribution in [0.5, 0.6) is 0 Å². The Bertz CT molecular complexity index is 518.